The van der Waals surface area contributed by atoms with Gasteiger partial charge in [0, 0.05) is 33.6 Å². The number of nitrogens with one attached hydrogen (secondary N) is 1. The van der Waals surface area contributed by atoms with Gasteiger partial charge in [-0.25, -0.2) is 0 Å². The van der Waals surface area contributed by atoms with E-state index in [4.69, 9.17) is 0 Å². The highest BCUT2D eigenvalue weighted by Gasteiger charge is 2.20. The second kappa shape index (κ2) is 9.71. The first-order valence-electron chi connectivity index (χ1n) is 10.5. The van der Waals surface area contributed by atoms with Crippen LogP contribution in [-0.4, -0.2) is 26.4 Å². The summed E-state index contributed by atoms with van der Waals surface area (Å²) in [6.45, 7) is 9.03. The summed E-state index contributed by atoms with van der Waals surface area (Å²) in [5, 5.41) is 14.8. The maximum Gasteiger partial charge on any atom is 0.234 e. The van der Waals surface area contributed by atoms with E-state index >= 15 is 0 Å². The number of thioether (sulfide) groups is 1. The fraction of sp³-hybridized carbons (Fsp3) is 0.240. The predicted molar refractivity (Wildman–Crippen MR) is 134 cm³/mol. The third-order valence-corrected chi connectivity index (χ3v) is 7.22. The van der Waals surface area contributed by atoms with E-state index in [9.17, 15) is 4.79 Å². The average molecular weight is 463 g/mol. The Balaban J connectivity index is 1.56. The summed E-state index contributed by atoms with van der Waals surface area (Å²) in [5.41, 5.74) is 6.59. The van der Waals surface area contributed by atoms with Gasteiger partial charge in [0.15, 0.2) is 11.0 Å². The summed E-state index contributed by atoms with van der Waals surface area (Å²) in [4.78, 5) is 13.7. The van der Waals surface area contributed by atoms with Crippen molar-refractivity contribution in [1.82, 2.24) is 14.8 Å². The number of anilines is 1. The number of hydrogen-bond acceptors (Lipinski definition) is 5. The molecule has 0 unspecified atom stereocenters. The Morgan fingerprint density at radius 1 is 1.06 bits per heavy atom. The molecule has 2 aromatic carbocycles. The molecule has 0 aliphatic heterocycles. The number of thiophene rings is 1. The van der Waals surface area contributed by atoms with Crippen molar-refractivity contribution in [1.29, 1.82) is 0 Å². The molecule has 1 N–H and O–H groups in total. The lowest BCUT2D eigenvalue weighted by molar-refractivity contribution is -0.113. The molecule has 1 amide bonds. The van der Waals surface area contributed by atoms with Gasteiger partial charge in [0.05, 0.1) is 5.75 Å². The van der Waals surface area contributed by atoms with E-state index in [0.29, 0.717) is 0 Å². The number of benzene rings is 2. The first-order chi connectivity index (χ1) is 15.5. The number of carbonyl (C=O) groups excluding carboxylic acids is 1. The number of amides is 1. The van der Waals surface area contributed by atoms with Gasteiger partial charge in [0.2, 0.25) is 5.91 Å². The Morgan fingerprint density at radius 3 is 2.53 bits per heavy atom. The largest absolute Gasteiger partial charge is 0.325 e. The van der Waals surface area contributed by atoms with Crippen LogP contribution < -0.4 is 5.32 Å². The molecule has 0 spiro atoms. The molecule has 2 heterocycles. The topological polar surface area (TPSA) is 59.8 Å². The van der Waals surface area contributed by atoms with Gasteiger partial charge in [-0.15, -0.1) is 21.5 Å². The van der Waals surface area contributed by atoms with Crippen molar-refractivity contribution in [3.8, 4) is 22.5 Å². The molecule has 5 nitrogen and oxygen atoms in total. The molecular formula is C25H26N4OS2. The normalized spacial score (nSPS) is 11.0. The van der Waals surface area contributed by atoms with Crippen molar-refractivity contribution in [3.63, 3.8) is 0 Å². The minimum atomic E-state index is -0.0526. The SMILES string of the molecule is CCn1c(SCC(=O)Nc2ccccc2C)nnc1-c1csc(C)c1-c1ccc(C)cc1. The van der Waals surface area contributed by atoms with Crippen molar-refractivity contribution in [3.05, 3.63) is 69.9 Å². The maximum atomic E-state index is 12.5. The first-order valence-corrected chi connectivity index (χ1v) is 12.4. The van der Waals surface area contributed by atoms with E-state index < -0.39 is 0 Å². The van der Waals surface area contributed by atoms with Gasteiger partial charge in [-0.2, -0.15) is 0 Å². The van der Waals surface area contributed by atoms with Gasteiger partial charge in [-0.05, 0) is 44.9 Å². The highest BCUT2D eigenvalue weighted by Crippen LogP contribution is 2.39. The molecule has 0 bridgehead atoms. The van der Waals surface area contributed by atoms with Gasteiger partial charge in [0.1, 0.15) is 0 Å². The van der Waals surface area contributed by atoms with Crippen molar-refractivity contribution in [2.75, 3.05) is 11.1 Å². The van der Waals surface area contributed by atoms with Gasteiger partial charge in [-0.1, -0.05) is 59.8 Å². The minimum Gasteiger partial charge on any atom is -0.325 e. The molecule has 7 heteroatoms. The standard InChI is InChI=1S/C25H26N4OS2/c1-5-29-24(20-14-31-18(4)23(20)19-12-10-16(2)11-13-19)27-28-25(29)32-15-22(30)26-21-9-7-6-8-17(21)3/h6-14H,5,15H2,1-4H3,(H,26,30). The van der Waals surface area contributed by atoms with Crippen LogP contribution in [0.15, 0.2) is 59.1 Å². The Hall–Kier alpha value is -2.90. The number of aromatic nitrogens is 3. The van der Waals surface area contributed by atoms with Crippen molar-refractivity contribution >= 4 is 34.7 Å². The summed E-state index contributed by atoms with van der Waals surface area (Å²) in [6.07, 6.45) is 0. The zero-order chi connectivity index (χ0) is 22.7. The smallest absolute Gasteiger partial charge is 0.234 e. The van der Waals surface area contributed by atoms with Crippen LogP contribution in [0.4, 0.5) is 5.69 Å². The van der Waals surface area contributed by atoms with E-state index in [1.165, 1.54) is 33.3 Å². The molecule has 4 rings (SSSR count). The molecule has 0 aliphatic carbocycles. The highest BCUT2D eigenvalue weighted by atomic mass is 32.2. The molecule has 0 saturated heterocycles. The van der Waals surface area contributed by atoms with Gasteiger partial charge in [0.25, 0.3) is 0 Å². The second-order valence-electron chi connectivity index (χ2n) is 7.65. The van der Waals surface area contributed by atoms with Crippen molar-refractivity contribution < 1.29 is 4.79 Å². The maximum absolute atomic E-state index is 12.5. The van der Waals surface area contributed by atoms with Gasteiger partial charge in [-0.3, -0.25) is 4.79 Å². The molecule has 0 radical (unpaired) electrons. The molecule has 0 aliphatic rings. The summed E-state index contributed by atoms with van der Waals surface area (Å²) >= 11 is 3.13. The van der Waals surface area contributed by atoms with Crippen LogP contribution in [-0.2, 0) is 11.3 Å². The Labute approximate surface area is 196 Å². The zero-order valence-electron chi connectivity index (χ0n) is 18.7. The summed E-state index contributed by atoms with van der Waals surface area (Å²) in [5.74, 6) is 1.07. The first kappa shape index (κ1) is 22.3. The average Bonchev–Trinajstić information content (AvgIpc) is 3.37. The van der Waals surface area contributed by atoms with E-state index in [1.54, 1.807) is 11.3 Å². The van der Waals surface area contributed by atoms with Crippen LogP contribution in [0.2, 0.25) is 0 Å². The molecule has 32 heavy (non-hydrogen) atoms. The Bertz CT molecular complexity index is 1240. The minimum absolute atomic E-state index is 0.0526. The number of carbonyl (C=O) groups is 1. The lowest BCUT2D eigenvalue weighted by Gasteiger charge is -2.10. The van der Waals surface area contributed by atoms with E-state index in [1.807, 2.05) is 31.2 Å². The fourth-order valence-electron chi connectivity index (χ4n) is 3.61. The van der Waals surface area contributed by atoms with Crippen molar-refractivity contribution in [2.45, 2.75) is 39.4 Å². The molecule has 0 saturated carbocycles. The second-order valence-corrected chi connectivity index (χ2v) is 9.68. The molecule has 0 atom stereocenters. The monoisotopic (exact) mass is 462 g/mol. The van der Waals surface area contributed by atoms with Crippen LogP contribution in [0.25, 0.3) is 22.5 Å². The number of para-hydroxylation sites is 1. The number of aryl methyl sites for hydroxylation is 3. The number of nitrogens with zero attached hydrogens (tertiary/aromatic N) is 3. The van der Waals surface area contributed by atoms with E-state index in [-0.39, 0.29) is 11.7 Å². The van der Waals surface area contributed by atoms with E-state index in [2.05, 4.69) is 70.5 Å². The summed E-state index contributed by atoms with van der Waals surface area (Å²) in [7, 11) is 0. The zero-order valence-corrected chi connectivity index (χ0v) is 20.3. The number of hydrogen-bond donors (Lipinski definition) is 1. The lowest BCUT2D eigenvalue weighted by atomic mass is 10.0. The van der Waals surface area contributed by atoms with Crippen LogP contribution in [0.1, 0.15) is 22.9 Å². The van der Waals surface area contributed by atoms with Gasteiger partial charge >= 0.3 is 0 Å². The summed E-state index contributed by atoms with van der Waals surface area (Å²) in [6, 6.07) is 16.4. The quantitative estimate of drug-likeness (QED) is 0.325. The van der Waals surface area contributed by atoms with E-state index in [0.717, 1.165) is 34.3 Å². The van der Waals surface area contributed by atoms with Gasteiger partial charge < -0.3 is 9.88 Å². The third-order valence-electron chi connectivity index (χ3n) is 5.34. The molecule has 2 aromatic heterocycles. The Kier molecular flexibility index (Phi) is 6.77. The predicted octanol–water partition coefficient (Wildman–Crippen LogP) is 6.35. The highest BCUT2D eigenvalue weighted by molar-refractivity contribution is 7.99. The van der Waals surface area contributed by atoms with Crippen LogP contribution >= 0.6 is 23.1 Å². The lowest BCUT2D eigenvalue weighted by Crippen LogP contribution is -2.15. The molecule has 164 valence electrons. The van der Waals surface area contributed by atoms with Crippen LogP contribution in [0.3, 0.4) is 0 Å². The molecular weight excluding hydrogens is 436 g/mol. The van der Waals surface area contributed by atoms with Crippen molar-refractivity contribution in [2.24, 2.45) is 0 Å². The summed E-state index contributed by atoms with van der Waals surface area (Å²) < 4.78 is 2.09. The molecule has 0 fully saturated rings. The third kappa shape index (κ3) is 4.64. The Morgan fingerprint density at radius 2 is 1.81 bits per heavy atom. The van der Waals surface area contributed by atoms with Crippen LogP contribution in [0, 0.1) is 20.8 Å². The fourth-order valence-corrected chi connectivity index (χ4v) is 5.27. The van der Waals surface area contributed by atoms with Crippen LogP contribution in [0.5, 0.6) is 0 Å². The molecule has 4 aromatic rings. The number of rotatable bonds is 7.